The van der Waals surface area contributed by atoms with E-state index in [-0.39, 0.29) is 0 Å². The molecule has 0 heterocycles. The molecule has 0 radical (unpaired) electrons. The molecule has 1 atom stereocenters. The highest BCUT2D eigenvalue weighted by Crippen LogP contribution is 2.27. The van der Waals surface area contributed by atoms with Crippen LogP contribution in [0.2, 0.25) is 56.4 Å². The molecule has 0 spiro atoms. The van der Waals surface area contributed by atoms with Crippen molar-refractivity contribution in [2.45, 2.75) is 223 Å². The molecule has 0 bridgehead atoms. The molecule has 1 rings (SSSR count). The molecule has 0 aromatic rings. The number of unbranched alkanes of at least 4 members (excludes halogenated alkanes) is 18. The Morgan fingerprint density at radius 2 is 0.755 bits per heavy atom. The van der Waals surface area contributed by atoms with Crippen molar-refractivity contribution in [2.24, 2.45) is 5.92 Å². The minimum absolute atomic E-state index is 0.551. The van der Waals surface area contributed by atoms with E-state index in [2.05, 4.69) is 26.2 Å². The van der Waals surface area contributed by atoms with E-state index in [0.717, 1.165) is 29.9 Å². The van der Waals surface area contributed by atoms with E-state index < -0.39 is 35.8 Å². The SMILES string of the molecule is CO[Si](CCCCCCCC[Si](C)(C)CCCCCCCC[Si](C)(C)CCCCCCCCCCCS(=O)CC1CCCCC1)(OC)OC. The van der Waals surface area contributed by atoms with Crippen molar-refractivity contribution in [1.29, 1.82) is 0 Å². The summed E-state index contributed by atoms with van der Waals surface area (Å²) in [5, 5.41) is 0. The second-order valence-corrected chi connectivity index (χ2v) is 33.0. The van der Waals surface area contributed by atoms with E-state index in [4.69, 9.17) is 13.3 Å². The summed E-state index contributed by atoms with van der Waals surface area (Å²) in [6.45, 7) is 10.6. The van der Waals surface area contributed by atoms with Crippen molar-refractivity contribution in [3.63, 3.8) is 0 Å². The van der Waals surface area contributed by atoms with Crippen molar-refractivity contribution < 1.29 is 17.5 Å². The molecule has 0 aromatic heterocycles. The summed E-state index contributed by atoms with van der Waals surface area (Å²) in [4.78, 5) is 0. The molecule has 8 heteroatoms. The lowest BCUT2D eigenvalue weighted by Crippen LogP contribution is -2.42. The Balaban J connectivity index is 1.88. The first-order chi connectivity index (χ1) is 23.6. The van der Waals surface area contributed by atoms with Gasteiger partial charge in [0.1, 0.15) is 0 Å². The van der Waals surface area contributed by atoms with Crippen LogP contribution in [-0.4, -0.2) is 62.0 Å². The monoisotopic (exact) mass is 761 g/mol. The maximum atomic E-state index is 12.4. The van der Waals surface area contributed by atoms with Crippen LogP contribution in [0.1, 0.15) is 167 Å². The Labute approximate surface area is 314 Å². The molecule has 1 fully saturated rings. The maximum Gasteiger partial charge on any atom is 0.500 e. The van der Waals surface area contributed by atoms with Gasteiger partial charge in [-0.05, 0) is 31.6 Å². The zero-order valence-corrected chi connectivity index (χ0v) is 38.3. The normalized spacial score (nSPS) is 15.7. The number of hydrogen-bond donors (Lipinski definition) is 0. The van der Waals surface area contributed by atoms with Gasteiger partial charge in [-0.3, -0.25) is 4.21 Å². The Hall–Kier alpha value is 0.681. The lowest BCUT2D eigenvalue weighted by molar-refractivity contribution is 0.122. The van der Waals surface area contributed by atoms with Gasteiger partial charge in [-0.25, -0.2) is 0 Å². The third kappa shape index (κ3) is 27.0. The van der Waals surface area contributed by atoms with E-state index in [1.54, 1.807) is 33.4 Å². The summed E-state index contributed by atoms with van der Waals surface area (Å²) < 4.78 is 29.0. The highest BCUT2D eigenvalue weighted by Gasteiger charge is 2.36. The van der Waals surface area contributed by atoms with Crippen molar-refractivity contribution in [3.8, 4) is 0 Å². The quantitative estimate of drug-likeness (QED) is 0.0477. The highest BCUT2D eigenvalue weighted by molar-refractivity contribution is 7.84. The third-order valence-corrected chi connectivity index (χ3v) is 23.1. The van der Waals surface area contributed by atoms with Crippen LogP contribution in [0.4, 0.5) is 0 Å². The van der Waals surface area contributed by atoms with E-state index in [9.17, 15) is 4.21 Å². The van der Waals surface area contributed by atoms with Crippen LogP contribution in [0, 0.1) is 5.92 Å². The van der Waals surface area contributed by atoms with E-state index in [0.29, 0.717) is 0 Å². The summed E-state index contributed by atoms with van der Waals surface area (Å²) in [7, 11) is 0.232. The number of hydrogen-bond acceptors (Lipinski definition) is 4. The Morgan fingerprint density at radius 3 is 1.10 bits per heavy atom. The summed E-state index contributed by atoms with van der Waals surface area (Å²) in [6, 6.07) is 7.09. The van der Waals surface area contributed by atoms with E-state index in [1.165, 1.54) is 173 Å². The molecule has 0 N–H and O–H groups in total. The predicted molar refractivity (Wildman–Crippen MR) is 227 cm³/mol. The van der Waals surface area contributed by atoms with Crippen LogP contribution in [0.15, 0.2) is 0 Å². The van der Waals surface area contributed by atoms with Gasteiger partial charge in [0, 0.05) is 65.8 Å². The molecule has 49 heavy (non-hydrogen) atoms. The van der Waals surface area contributed by atoms with Gasteiger partial charge in [-0.1, -0.05) is 192 Å². The standard InChI is InChI=1S/C41H88O4SSi3/c1-43-49(44-2,45-3)39-31-22-16-15-21-30-38-48(6,7)37-29-20-14-13-19-28-36-47(4,5)35-27-18-12-10-8-9-11-17-26-34-46(42)40-41-32-24-23-25-33-41/h41H,8-40H2,1-7H3. The minimum Gasteiger partial charge on any atom is -0.377 e. The third-order valence-electron chi connectivity index (χ3n) is 11.8. The fraction of sp³-hybridized carbons (Fsp3) is 1.00. The molecule has 1 aliphatic carbocycles. The van der Waals surface area contributed by atoms with Gasteiger partial charge >= 0.3 is 8.80 Å². The van der Waals surface area contributed by atoms with Crippen molar-refractivity contribution in [3.05, 3.63) is 0 Å². The van der Waals surface area contributed by atoms with E-state index >= 15 is 0 Å². The molecule has 0 aromatic carbocycles. The van der Waals surface area contributed by atoms with Crippen LogP contribution in [0.5, 0.6) is 0 Å². The van der Waals surface area contributed by atoms with E-state index in [1.807, 2.05) is 0 Å². The van der Waals surface area contributed by atoms with Crippen LogP contribution in [0.3, 0.4) is 0 Å². The zero-order valence-electron chi connectivity index (χ0n) is 34.5. The molecule has 294 valence electrons. The van der Waals surface area contributed by atoms with Crippen molar-refractivity contribution in [2.75, 3.05) is 32.8 Å². The zero-order chi connectivity index (χ0) is 36.1. The maximum absolute atomic E-state index is 12.4. The fourth-order valence-electron chi connectivity index (χ4n) is 8.18. The first-order valence-electron chi connectivity index (χ1n) is 21.6. The topological polar surface area (TPSA) is 44.8 Å². The van der Waals surface area contributed by atoms with Crippen molar-refractivity contribution in [1.82, 2.24) is 0 Å². The summed E-state index contributed by atoms with van der Waals surface area (Å²) in [5.41, 5.74) is 0. The molecule has 1 unspecified atom stereocenters. The van der Waals surface area contributed by atoms with Crippen LogP contribution >= 0.6 is 0 Å². The molecule has 4 nitrogen and oxygen atoms in total. The summed E-state index contributed by atoms with van der Waals surface area (Å²) in [6.07, 6.45) is 36.0. The largest absolute Gasteiger partial charge is 0.500 e. The minimum atomic E-state index is -2.37. The van der Waals surface area contributed by atoms with Gasteiger partial charge in [-0.2, -0.15) is 0 Å². The number of rotatable bonds is 35. The Kier molecular flexibility index (Phi) is 29.3. The molecule has 0 saturated heterocycles. The lowest BCUT2D eigenvalue weighted by atomic mass is 9.91. The van der Waals surface area contributed by atoms with Crippen LogP contribution in [0.25, 0.3) is 0 Å². The van der Waals surface area contributed by atoms with Gasteiger partial charge in [0.2, 0.25) is 0 Å². The Morgan fingerprint density at radius 1 is 0.449 bits per heavy atom. The molecule has 0 amide bonds. The molecule has 1 aliphatic rings. The summed E-state index contributed by atoms with van der Waals surface area (Å²) in [5.74, 6) is 2.72. The fourth-order valence-corrected chi connectivity index (χ4v) is 16.9. The van der Waals surface area contributed by atoms with Gasteiger partial charge in [0.25, 0.3) is 0 Å². The summed E-state index contributed by atoms with van der Waals surface area (Å²) >= 11 is 0. The smallest absolute Gasteiger partial charge is 0.377 e. The van der Waals surface area contributed by atoms with Crippen LogP contribution < -0.4 is 0 Å². The molecule has 0 aliphatic heterocycles. The average Bonchev–Trinajstić information content (AvgIpc) is 3.08. The molecular formula is C41H88O4SSi3. The molecule has 1 saturated carbocycles. The predicted octanol–water partition coefficient (Wildman–Crippen LogP) is 13.8. The van der Waals surface area contributed by atoms with Crippen LogP contribution in [-0.2, 0) is 24.1 Å². The van der Waals surface area contributed by atoms with Gasteiger partial charge in [0.05, 0.1) is 0 Å². The second-order valence-electron chi connectivity index (χ2n) is 17.6. The van der Waals surface area contributed by atoms with Gasteiger partial charge in [-0.15, -0.1) is 0 Å². The second kappa shape index (κ2) is 30.1. The Bertz CT molecular complexity index is 764. The van der Waals surface area contributed by atoms with Gasteiger partial charge < -0.3 is 13.3 Å². The van der Waals surface area contributed by atoms with Gasteiger partial charge in [0.15, 0.2) is 0 Å². The average molecular weight is 761 g/mol. The molecular weight excluding hydrogens is 673 g/mol. The van der Waals surface area contributed by atoms with Crippen molar-refractivity contribution >= 4 is 35.8 Å². The highest BCUT2D eigenvalue weighted by atomic mass is 32.2. The lowest BCUT2D eigenvalue weighted by Gasteiger charge is -2.24. The first-order valence-corrected chi connectivity index (χ1v) is 31.8. The first kappa shape index (κ1) is 47.7.